The molecular weight excluding hydrogens is 114 g/mol. The quantitative estimate of drug-likeness (QED) is 0.273. The van der Waals surface area contributed by atoms with Crippen LogP contribution < -0.4 is 0 Å². The molecule has 0 atom stereocenters. The molecule has 0 spiro atoms. The van der Waals surface area contributed by atoms with E-state index in [1.807, 2.05) is 13.8 Å². The topological polar surface area (TPSA) is 37.1 Å². The van der Waals surface area contributed by atoms with E-state index in [4.69, 9.17) is 0 Å². The van der Waals surface area contributed by atoms with Gasteiger partial charge in [0.25, 0.3) is 0 Å². The molecule has 0 saturated carbocycles. The summed E-state index contributed by atoms with van der Waals surface area (Å²) in [4.78, 5) is 3.73. The highest BCUT2D eigenvalue weighted by Crippen LogP contribution is 1.75. The van der Waals surface area contributed by atoms with Crippen LogP contribution in [0.3, 0.4) is 0 Å². The fraction of sp³-hybridized carbons (Fsp3) is 0.833. The Hall–Kier alpha value is -0.730. The van der Waals surface area contributed by atoms with Crippen LogP contribution in [0.25, 0.3) is 0 Å². The summed E-state index contributed by atoms with van der Waals surface area (Å²) in [6.07, 6.45) is 0. The third-order valence-corrected chi connectivity index (χ3v) is 0.568. The SMILES string of the molecule is CC.CN=NC(C)=NC. The van der Waals surface area contributed by atoms with Crippen LogP contribution in [0.2, 0.25) is 0 Å². The van der Waals surface area contributed by atoms with Crippen molar-refractivity contribution in [2.24, 2.45) is 15.2 Å². The van der Waals surface area contributed by atoms with E-state index in [9.17, 15) is 0 Å². The molecule has 0 fully saturated rings. The van der Waals surface area contributed by atoms with E-state index in [0.717, 1.165) is 0 Å². The maximum atomic E-state index is 3.73. The Morgan fingerprint density at radius 3 is 1.67 bits per heavy atom. The number of hydrogen-bond donors (Lipinski definition) is 0. The lowest BCUT2D eigenvalue weighted by Crippen LogP contribution is -1.79. The van der Waals surface area contributed by atoms with E-state index in [1.54, 1.807) is 21.0 Å². The third-order valence-electron chi connectivity index (χ3n) is 0.568. The Bertz CT molecular complexity index is 94.5. The van der Waals surface area contributed by atoms with Gasteiger partial charge in [0.05, 0.1) is 0 Å². The summed E-state index contributed by atoms with van der Waals surface area (Å²) in [7, 11) is 3.30. The fourth-order valence-electron chi connectivity index (χ4n) is 0.189. The molecule has 0 unspecified atom stereocenters. The van der Waals surface area contributed by atoms with Gasteiger partial charge in [-0.3, -0.25) is 4.99 Å². The standard InChI is InChI=1S/C4H9N3.C2H6/c1-4(5-2)7-6-3;1-2/h1-3H3;1-2H3. The van der Waals surface area contributed by atoms with Crippen molar-refractivity contribution in [2.45, 2.75) is 20.8 Å². The molecule has 0 rings (SSSR count). The molecule has 0 heterocycles. The first kappa shape index (κ1) is 11.1. The van der Waals surface area contributed by atoms with Crippen molar-refractivity contribution in [2.75, 3.05) is 14.1 Å². The predicted molar refractivity (Wildman–Crippen MR) is 41.2 cm³/mol. The largest absolute Gasteiger partial charge is 0.273 e. The van der Waals surface area contributed by atoms with Crippen LogP contribution in [0.5, 0.6) is 0 Å². The maximum absolute atomic E-state index is 3.73. The molecule has 54 valence electrons. The minimum Gasteiger partial charge on any atom is -0.273 e. The lowest BCUT2D eigenvalue weighted by Gasteiger charge is -1.79. The molecule has 9 heavy (non-hydrogen) atoms. The number of azo groups is 1. The van der Waals surface area contributed by atoms with Crippen LogP contribution in [-0.4, -0.2) is 19.9 Å². The first-order chi connectivity index (χ1) is 4.31. The minimum atomic E-state index is 0.711. The Labute approximate surface area is 56.9 Å². The van der Waals surface area contributed by atoms with Gasteiger partial charge in [-0.2, -0.15) is 5.11 Å². The summed E-state index contributed by atoms with van der Waals surface area (Å²) in [6, 6.07) is 0. The highest BCUT2D eigenvalue weighted by atomic mass is 15.1. The highest BCUT2D eigenvalue weighted by Gasteiger charge is 1.74. The number of nitrogens with zero attached hydrogens (tertiary/aromatic N) is 3. The second kappa shape index (κ2) is 10.3. The number of rotatable bonds is 0. The molecule has 0 aliphatic heterocycles. The Morgan fingerprint density at radius 2 is 1.56 bits per heavy atom. The van der Waals surface area contributed by atoms with Crippen molar-refractivity contribution in [1.82, 2.24) is 0 Å². The first-order valence-corrected chi connectivity index (χ1v) is 3.04. The molecule has 0 radical (unpaired) electrons. The molecule has 0 aliphatic carbocycles. The molecule has 3 heteroatoms. The van der Waals surface area contributed by atoms with Gasteiger partial charge in [-0.25, -0.2) is 0 Å². The Kier molecular flexibility index (Phi) is 12.7. The Morgan fingerprint density at radius 1 is 1.11 bits per heavy atom. The number of hydrogen-bond acceptors (Lipinski definition) is 2. The zero-order valence-corrected chi connectivity index (χ0v) is 6.84. The van der Waals surface area contributed by atoms with Gasteiger partial charge in [0.1, 0.15) is 5.84 Å². The van der Waals surface area contributed by atoms with Gasteiger partial charge in [0, 0.05) is 14.1 Å². The summed E-state index contributed by atoms with van der Waals surface area (Å²) in [5, 5.41) is 7.12. The summed E-state index contributed by atoms with van der Waals surface area (Å²) in [5.74, 6) is 0.711. The van der Waals surface area contributed by atoms with E-state index < -0.39 is 0 Å². The normalized spacial score (nSPS) is 11.0. The van der Waals surface area contributed by atoms with Crippen molar-refractivity contribution in [3.8, 4) is 0 Å². The summed E-state index contributed by atoms with van der Waals surface area (Å²) in [5.41, 5.74) is 0. The molecule has 0 amide bonds. The first-order valence-electron chi connectivity index (χ1n) is 3.04. The molecule has 0 saturated heterocycles. The van der Waals surface area contributed by atoms with E-state index in [1.165, 1.54) is 0 Å². The molecular formula is C6H15N3. The second-order valence-electron chi connectivity index (χ2n) is 1.07. The van der Waals surface area contributed by atoms with Gasteiger partial charge in [-0.15, -0.1) is 5.11 Å². The molecule has 0 aliphatic rings. The lowest BCUT2D eigenvalue weighted by atomic mass is 10.7. The van der Waals surface area contributed by atoms with Crippen LogP contribution in [0.15, 0.2) is 15.2 Å². The third kappa shape index (κ3) is 11.1. The molecule has 0 bridgehead atoms. The van der Waals surface area contributed by atoms with Crippen LogP contribution >= 0.6 is 0 Å². The maximum Gasteiger partial charge on any atom is 0.142 e. The monoisotopic (exact) mass is 129 g/mol. The average molecular weight is 129 g/mol. The smallest absolute Gasteiger partial charge is 0.142 e. The van der Waals surface area contributed by atoms with Crippen LogP contribution in [0.4, 0.5) is 0 Å². The van der Waals surface area contributed by atoms with Crippen molar-refractivity contribution >= 4 is 5.84 Å². The number of aliphatic imine (C=N–C) groups is 1. The van der Waals surface area contributed by atoms with Gasteiger partial charge in [-0.1, -0.05) is 13.8 Å². The average Bonchev–Trinajstić information content (AvgIpc) is 1.93. The zero-order valence-electron chi connectivity index (χ0n) is 6.84. The predicted octanol–water partition coefficient (Wildman–Crippen LogP) is 2.14. The van der Waals surface area contributed by atoms with Crippen molar-refractivity contribution in [1.29, 1.82) is 0 Å². The minimum absolute atomic E-state index is 0.711. The van der Waals surface area contributed by atoms with Gasteiger partial charge < -0.3 is 0 Å². The lowest BCUT2D eigenvalue weighted by molar-refractivity contribution is 1.18. The summed E-state index contributed by atoms with van der Waals surface area (Å²) in [6.45, 7) is 5.80. The highest BCUT2D eigenvalue weighted by molar-refractivity contribution is 5.79. The van der Waals surface area contributed by atoms with Crippen LogP contribution in [0.1, 0.15) is 20.8 Å². The summed E-state index contributed by atoms with van der Waals surface area (Å²) >= 11 is 0. The van der Waals surface area contributed by atoms with E-state index >= 15 is 0 Å². The number of amidine groups is 1. The Balaban J connectivity index is 0. The zero-order chi connectivity index (χ0) is 7.70. The molecule has 3 nitrogen and oxygen atoms in total. The van der Waals surface area contributed by atoms with Gasteiger partial charge >= 0.3 is 0 Å². The van der Waals surface area contributed by atoms with Gasteiger partial charge in [0.15, 0.2) is 0 Å². The van der Waals surface area contributed by atoms with E-state index in [-0.39, 0.29) is 0 Å². The molecule has 0 aromatic carbocycles. The van der Waals surface area contributed by atoms with Crippen molar-refractivity contribution < 1.29 is 0 Å². The molecule has 0 aromatic heterocycles. The van der Waals surface area contributed by atoms with Crippen LogP contribution in [-0.2, 0) is 0 Å². The molecule has 0 aromatic rings. The van der Waals surface area contributed by atoms with Crippen LogP contribution in [0, 0.1) is 0 Å². The van der Waals surface area contributed by atoms with E-state index in [2.05, 4.69) is 15.2 Å². The summed E-state index contributed by atoms with van der Waals surface area (Å²) < 4.78 is 0. The van der Waals surface area contributed by atoms with Gasteiger partial charge in [0.2, 0.25) is 0 Å². The van der Waals surface area contributed by atoms with E-state index in [0.29, 0.717) is 5.84 Å². The van der Waals surface area contributed by atoms with Gasteiger partial charge in [-0.05, 0) is 6.92 Å². The second-order valence-corrected chi connectivity index (χ2v) is 1.07. The fourth-order valence-corrected chi connectivity index (χ4v) is 0.189. The molecule has 0 N–H and O–H groups in total. The van der Waals surface area contributed by atoms with Crippen molar-refractivity contribution in [3.63, 3.8) is 0 Å². The van der Waals surface area contributed by atoms with Crippen molar-refractivity contribution in [3.05, 3.63) is 0 Å².